The average molecular weight is 350 g/mol. The van der Waals surface area contributed by atoms with Gasteiger partial charge in [-0.1, -0.05) is 29.8 Å². The summed E-state index contributed by atoms with van der Waals surface area (Å²) in [6.07, 6.45) is 1.58. The normalized spacial score (nSPS) is 10.5. The van der Waals surface area contributed by atoms with Crippen molar-refractivity contribution in [2.75, 3.05) is 7.11 Å². The van der Waals surface area contributed by atoms with Crippen LogP contribution >= 0.6 is 23.8 Å². The van der Waals surface area contributed by atoms with Gasteiger partial charge in [0.25, 0.3) is 0 Å². The first-order chi connectivity index (χ1) is 11.1. The Morgan fingerprint density at radius 3 is 2.78 bits per heavy atom. The standard InChI is InChI=1S/C16H16ClN3O2S/c1-21-14-7-6-11(9-19-20-16(18)23)8-15(14)22-10-12-4-2-3-5-13(12)17/h2-9H,10H2,1H3,(H3,18,20,23)/b19-9+. The van der Waals surface area contributed by atoms with Crippen LogP contribution in [0.15, 0.2) is 47.6 Å². The zero-order valence-electron chi connectivity index (χ0n) is 12.5. The summed E-state index contributed by atoms with van der Waals surface area (Å²) >= 11 is 10.8. The Morgan fingerprint density at radius 1 is 1.30 bits per heavy atom. The Balaban J connectivity index is 2.14. The lowest BCUT2D eigenvalue weighted by Crippen LogP contribution is -2.23. The molecule has 0 amide bonds. The molecule has 5 nitrogen and oxygen atoms in total. The molecule has 0 heterocycles. The number of hydrazone groups is 1. The summed E-state index contributed by atoms with van der Waals surface area (Å²) in [5, 5.41) is 4.67. The number of rotatable bonds is 6. The number of hydrogen-bond acceptors (Lipinski definition) is 4. The highest BCUT2D eigenvalue weighted by atomic mass is 35.5. The predicted molar refractivity (Wildman–Crippen MR) is 96.3 cm³/mol. The van der Waals surface area contributed by atoms with Crippen LogP contribution in [-0.2, 0) is 6.61 Å². The lowest BCUT2D eigenvalue weighted by molar-refractivity contribution is 0.284. The molecule has 0 fully saturated rings. The van der Waals surface area contributed by atoms with Gasteiger partial charge in [0.2, 0.25) is 0 Å². The van der Waals surface area contributed by atoms with Crippen molar-refractivity contribution in [3.63, 3.8) is 0 Å². The largest absolute Gasteiger partial charge is 0.493 e. The van der Waals surface area contributed by atoms with Crippen molar-refractivity contribution in [3.05, 3.63) is 58.6 Å². The molecule has 0 aliphatic carbocycles. The van der Waals surface area contributed by atoms with Crippen LogP contribution in [0.4, 0.5) is 0 Å². The molecule has 0 radical (unpaired) electrons. The van der Waals surface area contributed by atoms with Gasteiger partial charge in [0.05, 0.1) is 13.3 Å². The highest BCUT2D eigenvalue weighted by Crippen LogP contribution is 2.29. The molecule has 0 atom stereocenters. The third kappa shape index (κ3) is 5.12. The highest BCUT2D eigenvalue weighted by molar-refractivity contribution is 7.80. The van der Waals surface area contributed by atoms with Crippen molar-refractivity contribution >= 4 is 35.1 Å². The monoisotopic (exact) mass is 349 g/mol. The molecule has 2 rings (SSSR count). The van der Waals surface area contributed by atoms with E-state index in [0.717, 1.165) is 11.1 Å². The van der Waals surface area contributed by atoms with Gasteiger partial charge in [-0.15, -0.1) is 0 Å². The lowest BCUT2D eigenvalue weighted by Gasteiger charge is -2.12. The van der Waals surface area contributed by atoms with Crippen LogP contribution < -0.4 is 20.6 Å². The molecule has 0 saturated carbocycles. The minimum absolute atomic E-state index is 0.102. The molecule has 2 aromatic rings. The van der Waals surface area contributed by atoms with Crippen LogP contribution in [-0.4, -0.2) is 18.4 Å². The van der Waals surface area contributed by atoms with Gasteiger partial charge in [-0.05, 0) is 42.0 Å². The minimum atomic E-state index is 0.102. The van der Waals surface area contributed by atoms with Gasteiger partial charge >= 0.3 is 0 Å². The fourth-order valence-corrected chi connectivity index (χ4v) is 2.07. The number of hydrogen-bond donors (Lipinski definition) is 2. The van der Waals surface area contributed by atoms with Crippen molar-refractivity contribution in [2.45, 2.75) is 6.61 Å². The summed E-state index contributed by atoms with van der Waals surface area (Å²) in [5.74, 6) is 1.21. The maximum atomic E-state index is 6.13. The smallest absolute Gasteiger partial charge is 0.184 e. The van der Waals surface area contributed by atoms with Crippen molar-refractivity contribution < 1.29 is 9.47 Å². The molecule has 2 aromatic carbocycles. The topological polar surface area (TPSA) is 68.9 Å². The summed E-state index contributed by atoms with van der Waals surface area (Å²) in [5.41, 5.74) is 9.51. The average Bonchev–Trinajstić information content (AvgIpc) is 2.54. The van der Waals surface area contributed by atoms with Gasteiger partial charge in [0.1, 0.15) is 6.61 Å². The fraction of sp³-hybridized carbons (Fsp3) is 0.125. The molecule has 0 spiro atoms. The first-order valence-corrected chi connectivity index (χ1v) is 7.51. The van der Waals surface area contributed by atoms with Gasteiger partial charge in [-0.2, -0.15) is 5.10 Å². The minimum Gasteiger partial charge on any atom is -0.493 e. The first kappa shape index (κ1) is 17.1. The van der Waals surface area contributed by atoms with E-state index in [1.807, 2.05) is 30.3 Å². The molecular weight excluding hydrogens is 334 g/mol. The van der Waals surface area contributed by atoms with E-state index in [9.17, 15) is 0 Å². The Morgan fingerprint density at radius 2 is 2.09 bits per heavy atom. The summed E-state index contributed by atoms with van der Waals surface area (Å²) in [6, 6.07) is 13.0. The molecule has 0 saturated heterocycles. The van der Waals surface area contributed by atoms with E-state index in [-0.39, 0.29) is 5.11 Å². The number of ether oxygens (including phenoxy) is 2. The second-order valence-corrected chi connectivity index (χ2v) is 5.37. The van der Waals surface area contributed by atoms with Crippen molar-refractivity contribution in [1.29, 1.82) is 0 Å². The summed E-state index contributed by atoms with van der Waals surface area (Å²) in [7, 11) is 1.58. The maximum Gasteiger partial charge on any atom is 0.184 e. The number of nitrogens with one attached hydrogen (secondary N) is 1. The molecule has 120 valence electrons. The van der Waals surface area contributed by atoms with E-state index in [1.54, 1.807) is 25.5 Å². The number of halogens is 1. The van der Waals surface area contributed by atoms with Crippen LogP contribution in [0.3, 0.4) is 0 Å². The Labute approximate surface area is 145 Å². The zero-order valence-corrected chi connectivity index (χ0v) is 14.0. The van der Waals surface area contributed by atoms with E-state index in [4.69, 9.17) is 26.8 Å². The van der Waals surface area contributed by atoms with Gasteiger partial charge in [0.15, 0.2) is 16.6 Å². The summed E-state index contributed by atoms with van der Waals surface area (Å²) in [6.45, 7) is 0.335. The van der Waals surface area contributed by atoms with Gasteiger partial charge < -0.3 is 15.2 Å². The van der Waals surface area contributed by atoms with Crippen molar-refractivity contribution in [3.8, 4) is 11.5 Å². The maximum absolute atomic E-state index is 6.13. The lowest BCUT2D eigenvalue weighted by atomic mass is 10.2. The van der Waals surface area contributed by atoms with Crippen LogP contribution in [0.5, 0.6) is 11.5 Å². The fourth-order valence-electron chi connectivity index (χ4n) is 1.83. The van der Waals surface area contributed by atoms with Gasteiger partial charge in [0, 0.05) is 10.6 Å². The van der Waals surface area contributed by atoms with E-state index < -0.39 is 0 Å². The Kier molecular flexibility index (Phi) is 6.19. The molecule has 0 unspecified atom stereocenters. The van der Waals surface area contributed by atoms with Crippen LogP contribution in [0.25, 0.3) is 0 Å². The highest BCUT2D eigenvalue weighted by Gasteiger charge is 2.07. The van der Waals surface area contributed by atoms with Gasteiger partial charge in [-0.3, -0.25) is 5.43 Å². The van der Waals surface area contributed by atoms with Crippen molar-refractivity contribution in [1.82, 2.24) is 5.43 Å². The molecule has 0 aliphatic heterocycles. The van der Waals surface area contributed by atoms with Crippen LogP contribution in [0.2, 0.25) is 5.02 Å². The van der Waals surface area contributed by atoms with E-state index in [1.165, 1.54) is 0 Å². The SMILES string of the molecule is COc1ccc(/C=N/NC(N)=S)cc1OCc1ccccc1Cl. The second kappa shape index (κ2) is 8.36. The van der Waals surface area contributed by atoms with E-state index in [2.05, 4.69) is 22.7 Å². The summed E-state index contributed by atoms with van der Waals surface area (Å²) in [4.78, 5) is 0. The third-order valence-corrected chi connectivity index (χ3v) is 3.38. The van der Waals surface area contributed by atoms with E-state index >= 15 is 0 Å². The predicted octanol–water partition coefficient (Wildman–Crippen LogP) is 3.09. The summed E-state index contributed by atoms with van der Waals surface area (Å²) < 4.78 is 11.1. The quantitative estimate of drug-likeness (QED) is 0.476. The third-order valence-electron chi connectivity index (χ3n) is 2.92. The molecule has 0 aromatic heterocycles. The number of nitrogens with two attached hydrogens (primary N) is 1. The second-order valence-electron chi connectivity index (χ2n) is 4.52. The zero-order chi connectivity index (χ0) is 16.7. The molecule has 23 heavy (non-hydrogen) atoms. The number of benzene rings is 2. The van der Waals surface area contributed by atoms with Crippen LogP contribution in [0, 0.1) is 0 Å². The molecule has 0 aliphatic rings. The van der Waals surface area contributed by atoms with E-state index in [0.29, 0.717) is 23.1 Å². The first-order valence-electron chi connectivity index (χ1n) is 6.73. The molecule has 7 heteroatoms. The van der Waals surface area contributed by atoms with Crippen LogP contribution in [0.1, 0.15) is 11.1 Å². The molecule has 0 bridgehead atoms. The number of methoxy groups -OCH3 is 1. The Bertz CT molecular complexity index is 722. The van der Waals surface area contributed by atoms with Crippen molar-refractivity contribution in [2.24, 2.45) is 10.8 Å². The molecular formula is C16H16ClN3O2S. The number of thiocarbonyl (C=S) groups is 1. The molecule has 3 N–H and O–H groups in total. The Hall–Kier alpha value is -2.31. The van der Waals surface area contributed by atoms with Gasteiger partial charge in [-0.25, -0.2) is 0 Å². The number of nitrogens with zero attached hydrogens (tertiary/aromatic N) is 1.